The van der Waals surface area contributed by atoms with E-state index in [0.29, 0.717) is 28.8 Å². The van der Waals surface area contributed by atoms with Crippen LogP contribution in [0.15, 0.2) is 30.3 Å². The average molecular weight is 431 g/mol. The van der Waals surface area contributed by atoms with E-state index in [1.54, 1.807) is 6.08 Å². The number of aliphatic hydroxyl groups excluding tert-OH is 3. The van der Waals surface area contributed by atoms with Crippen LogP contribution in [0.25, 0.3) is 17.1 Å². The minimum atomic E-state index is -1.17. The third kappa shape index (κ3) is 8.36. The van der Waals surface area contributed by atoms with Gasteiger partial charge in [-0.25, -0.2) is 9.97 Å². The number of aromatic nitrogens is 2. The van der Waals surface area contributed by atoms with Crippen molar-refractivity contribution in [2.75, 3.05) is 0 Å². The molecule has 0 fully saturated rings. The van der Waals surface area contributed by atoms with Crippen molar-refractivity contribution in [3.05, 3.63) is 41.7 Å². The van der Waals surface area contributed by atoms with E-state index in [1.807, 2.05) is 24.3 Å². The van der Waals surface area contributed by atoms with E-state index in [2.05, 4.69) is 16.9 Å². The molecule has 3 atom stereocenters. The van der Waals surface area contributed by atoms with E-state index >= 15 is 0 Å². The molecule has 0 aliphatic carbocycles. The molecule has 1 aromatic carbocycles. The first-order chi connectivity index (χ1) is 14.9. The van der Waals surface area contributed by atoms with Gasteiger partial charge in [0.05, 0.1) is 40.7 Å². The Balaban J connectivity index is 2.13. The predicted octanol–water partition coefficient (Wildman–Crippen LogP) is 4.01. The van der Waals surface area contributed by atoms with E-state index in [-0.39, 0.29) is 19.3 Å². The van der Waals surface area contributed by atoms with Crippen molar-refractivity contribution in [2.45, 2.75) is 83.0 Å². The van der Waals surface area contributed by atoms with Crippen LogP contribution in [-0.2, 0) is 4.79 Å². The molecule has 0 unspecified atom stereocenters. The number of carboxylic acids is 1. The van der Waals surface area contributed by atoms with E-state index in [1.165, 1.54) is 12.5 Å². The maximum absolute atomic E-state index is 10.8. The molecular formula is C24H34N2O5. The maximum atomic E-state index is 10.8. The van der Waals surface area contributed by atoms with E-state index in [0.717, 1.165) is 25.7 Å². The van der Waals surface area contributed by atoms with E-state index in [9.17, 15) is 20.1 Å². The zero-order valence-corrected chi connectivity index (χ0v) is 18.2. The molecular weight excluding hydrogens is 396 g/mol. The summed E-state index contributed by atoms with van der Waals surface area (Å²) in [5.41, 5.74) is 2.28. The summed E-state index contributed by atoms with van der Waals surface area (Å²) in [5.74, 6) is -0.933. The second-order valence-corrected chi connectivity index (χ2v) is 7.90. The zero-order valence-electron chi connectivity index (χ0n) is 18.2. The third-order valence-corrected chi connectivity index (χ3v) is 5.26. The number of unbranched alkanes of at least 4 members (excludes halogenated alkanes) is 4. The molecule has 31 heavy (non-hydrogen) atoms. The quantitative estimate of drug-likeness (QED) is 0.334. The van der Waals surface area contributed by atoms with Crippen LogP contribution in [0.1, 0.15) is 82.2 Å². The van der Waals surface area contributed by atoms with Crippen molar-refractivity contribution in [3.63, 3.8) is 0 Å². The van der Waals surface area contributed by atoms with Crippen molar-refractivity contribution in [1.82, 2.24) is 9.97 Å². The van der Waals surface area contributed by atoms with Gasteiger partial charge in [0.15, 0.2) is 0 Å². The van der Waals surface area contributed by atoms with Crippen LogP contribution in [-0.4, -0.2) is 48.6 Å². The lowest BCUT2D eigenvalue weighted by Gasteiger charge is -2.15. The number of aliphatic carboxylic acids is 1. The largest absolute Gasteiger partial charge is 0.481 e. The number of nitrogens with zero attached hydrogens (tertiary/aromatic N) is 2. The summed E-state index contributed by atoms with van der Waals surface area (Å²) < 4.78 is 0. The molecule has 0 aliphatic heterocycles. The molecule has 1 aromatic heterocycles. The Kier molecular flexibility index (Phi) is 10.6. The topological polar surface area (TPSA) is 124 Å². The van der Waals surface area contributed by atoms with Crippen LogP contribution in [0.5, 0.6) is 0 Å². The Hall–Kier alpha value is -2.35. The SMILES string of the molecule is CCCCCCC[C@H](O)c1nc2ccccc2nc1/C=C/[C@@H](O)[C@H](O)CCCC(=O)O. The van der Waals surface area contributed by atoms with E-state index in [4.69, 9.17) is 5.11 Å². The van der Waals surface area contributed by atoms with Crippen LogP contribution < -0.4 is 0 Å². The molecule has 2 rings (SSSR count). The molecule has 7 heteroatoms. The van der Waals surface area contributed by atoms with Crippen molar-refractivity contribution < 1.29 is 25.2 Å². The fourth-order valence-electron chi connectivity index (χ4n) is 3.42. The van der Waals surface area contributed by atoms with Crippen molar-refractivity contribution in [1.29, 1.82) is 0 Å². The fraction of sp³-hybridized carbons (Fsp3) is 0.542. The molecule has 2 aromatic rings. The van der Waals surface area contributed by atoms with Gasteiger partial charge < -0.3 is 20.4 Å². The van der Waals surface area contributed by atoms with Crippen LogP contribution >= 0.6 is 0 Å². The smallest absolute Gasteiger partial charge is 0.303 e. The minimum absolute atomic E-state index is 0.0573. The van der Waals surface area contributed by atoms with Gasteiger partial charge in [-0.05, 0) is 37.5 Å². The van der Waals surface area contributed by atoms with Gasteiger partial charge in [0.1, 0.15) is 0 Å². The molecule has 0 bridgehead atoms. The lowest BCUT2D eigenvalue weighted by atomic mass is 10.0. The van der Waals surface area contributed by atoms with Gasteiger partial charge in [-0.3, -0.25) is 4.79 Å². The second-order valence-electron chi connectivity index (χ2n) is 7.90. The lowest BCUT2D eigenvalue weighted by molar-refractivity contribution is -0.137. The first kappa shape index (κ1) is 24.9. The highest BCUT2D eigenvalue weighted by molar-refractivity contribution is 5.75. The second kappa shape index (κ2) is 13.1. The first-order valence-corrected chi connectivity index (χ1v) is 11.1. The standard InChI is InChI=1S/C24H34N2O5/c1-2-3-4-5-6-12-22(29)24-19(25-17-10-7-8-11-18(17)26-24)15-16-21(28)20(27)13-9-14-23(30)31/h7-8,10-11,15-16,20-22,27-29H,2-6,9,12-14H2,1H3,(H,30,31)/b16-15+/t20-,21-,22+/m1/s1. The average Bonchev–Trinajstić information content (AvgIpc) is 2.76. The number of para-hydroxylation sites is 2. The Morgan fingerprint density at radius 1 is 0.968 bits per heavy atom. The Bertz CT molecular complexity index is 855. The molecule has 0 saturated carbocycles. The summed E-state index contributed by atoms with van der Waals surface area (Å²) in [6.45, 7) is 2.16. The van der Waals surface area contributed by atoms with Crippen LogP contribution in [0.4, 0.5) is 0 Å². The summed E-state index contributed by atoms with van der Waals surface area (Å²) in [5, 5.41) is 39.7. The zero-order chi connectivity index (χ0) is 22.6. The normalized spacial score (nSPS) is 14.7. The molecule has 0 spiro atoms. The summed E-state index contributed by atoms with van der Waals surface area (Å²) in [4.78, 5) is 19.8. The van der Waals surface area contributed by atoms with Gasteiger partial charge in [-0.2, -0.15) is 0 Å². The molecule has 170 valence electrons. The number of carboxylic acid groups (broad SMARTS) is 1. The predicted molar refractivity (Wildman–Crippen MR) is 120 cm³/mol. The third-order valence-electron chi connectivity index (χ3n) is 5.26. The molecule has 4 N–H and O–H groups in total. The van der Waals surface area contributed by atoms with Gasteiger partial charge in [-0.15, -0.1) is 0 Å². The van der Waals surface area contributed by atoms with E-state index < -0.39 is 24.3 Å². The van der Waals surface area contributed by atoms with Crippen molar-refractivity contribution in [2.24, 2.45) is 0 Å². The number of carbonyl (C=O) groups is 1. The molecule has 0 saturated heterocycles. The Morgan fingerprint density at radius 2 is 1.65 bits per heavy atom. The molecule has 0 radical (unpaired) electrons. The van der Waals surface area contributed by atoms with Gasteiger partial charge >= 0.3 is 5.97 Å². The van der Waals surface area contributed by atoms with Gasteiger partial charge in [0, 0.05) is 6.42 Å². The fourth-order valence-corrected chi connectivity index (χ4v) is 3.42. The lowest BCUT2D eigenvalue weighted by Crippen LogP contribution is -2.23. The number of fused-ring (bicyclic) bond motifs is 1. The van der Waals surface area contributed by atoms with Crippen molar-refractivity contribution in [3.8, 4) is 0 Å². The summed E-state index contributed by atoms with van der Waals surface area (Å²) in [6, 6.07) is 7.40. The van der Waals surface area contributed by atoms with Gasteiger partial charge in [0.25, 0.3) is 0 Å². The molecule has 0 aliphatic rings. The van der Waals surface area contributed by atoms with Gasteiger partial charge in [0.2, 0.25) is 0 Å². The van der Waals surface area contributed by atoms with Gasteiger partial charge in [-0.1, -0.05) is 57.2 Å². The highest BCUT2D eigenvalue weighted by Crippen LogP contribution is 2.24. The highest BCUT2D eigenvalue weighted by atomic mass is 16.4. The number of hydrogen-bond donors (Lipinski definition) is 4. The van der Waals surface area contributed by atoms with Crippen molar-refractivity contribution >= 4 is 23.1 Å². The first-order valence-electron chi connectivity index (χ1n) is 11.1. The minimum Gasteiger partial charge on any atom is -0.481 e. The molecule has 7 nitrogen and oxygen atoms in total. The number of hydrogen-bond acceptors (Lipinski definition) is 6. The Morgan fingerprint density at radius 3 is 2.32 bits per heavy atom. The van der Waals surface area contributed by atoms with Crippen LogP contribution in [0.3, 0.4) is 0 Å². The summed E-state index contributed by atoms with van der Waals surface area (Å²) in [7, 11) is 0. The summed E-state index contributed by atoms with van der Waals surface area (Å²) >= 11 is 0. The Labute approximate surface area is 183 Å². The summed E-state index contributed by atoms with van der Waals surface area (Å²) in [6.07, 6.45) is 6.40. The van der Waals surface area contributed by atoms with Crippen LogP contribution in [0, 0.1) is 0 Å². The number of rotatable bonds is 14. The number of aliphatic hydroxyl groups is 3. The van der Waals surface area contributed by atoms with Crippen LogP contribution in [0.2, 0.25) is 0 Å². The number of benzene rings is 1. The highest BCUT2D eigenvalue weighted by Gasteiger charge is 2.17. The molecule has 0 amide bonds. The monoisotopic (exact) mass is 430 g/mol. The maximum Gasteiger partial charge on any atom is 0.303 e. The molecule has 1 heterocycles.